The number of carbonyl (C=O) groups is 1. The third kappa shape index (κ3) is 3.48. The number of fused-ring (bicyclic) bond motifs is 1. The predicted octanol–water partition coefficient (Wildman–Crippen LogP) is 3.15. The first-order chi connectivity index (χ1) is 11.6. The Labute approximate surface area is 137 Å². The number of carboxylic acid groups (broad SMARTS) is 1. The first-order valence-electron chi connectivity index (χ1n) is 7.70. The van der Waals surface area contributed by atoms with Crippen molar-refractivity contribution in [2.75, 3.05) is 6.61 Å². The zero-order valence-electron chi connectivity index (χ0n) is 13.0. The molecule has 24 heavy (non-hydrogen) atoms. The number of aryl methyl sites for hydroxylation is 1. The molecule has 124 valence electrons. The van der Waals surface area contributed by atoms with E-state index >= 15 is 0 Å². The third-order valence-electron chi connectivity index (χ3n) is 3.72. The maximum Gasteiger partial charge on any atom is 0.419 e. The highest BCUT2D eigenvalue weighted by molar-refractivity contribution is 5.87. The molecule has 6 nitrogen and oxygen atoms in total. The van der Waals surface area contributed by atoms with E-state index in [0.717, 1.165) is 18.4 Å². The van der Waals surface area contributed by atoms with Gasteiger partial charge < -0.3 is 14.3 Å². The maximum atomic E-state index is 11.8. The van der Waals surface area contributed by atoms with E-state index in [9.17, 15) is 9.59 Å². The predicted molar refractivity (Wildman–Crippen MR) is 88.6 cm³/mol. The van der Waals surface area contributed by atoms with Crippen LogP contribution in [0.5, 0.6) is 5.75 Å². The molecule has 0 saturated heterocycles. The molecule has 0 spiro atoms. The van der Waals surface area contributed by atoms with Crippen LogP contribution in [0.25, 0.3) is 11.1 Å². The molecule has 0 aliphatic heterocycles. The Morgan fingerprint density at radius 1 is 1.08 bits per heavy atom. The molecule has 6 heteroatoms. The van der Waals surface area contributed by atoms with Crippen LogP contribution in [0.3, 0.4) is 0 Å². The highest BCUT2D eigenvalue weighted by Gasteiger charge is 2.07. The minimum Gasteiger partial charge on any atom is -0.494 e. The van der Waals surface area contributed by atoms with Crippen molar-refractivity contribution in [2.45, 2.75) is 19.4 Å². The van der Waals surface area contributed by atoms with Crippen LogP contribution in [0.4, 0.5) is 0 Å². The maximum absolute atomic E-state index is 11.8. The van der Waals surface area contributed by atoms with Crippen LogP contribution in [0, 0.1) is 0 Å². The molecule has 1 aromatic heterocycles. The van der Waals surface area contributed by atoms with Crippen LogP contribution in [0.1, 0.15) is 23.2 Å². The zero-order chi connectivity index (χ0) is 16.9. The minimum absolute atomic E-state index is 0.230. The lowest BCUT2D eigenvalue weighted by molar-refractivity contribution is 0.0697. The number of unbranched alkanes of at least 4 members (excludes halogenated alkanes) is 1. The number of ether oxygens (including phenoxy) is 1. The van der Waals surface area contributed by atoms with Crippen molar-refractivity contribution in [1.82, 2.24) is 4.57 Å². The van der Waals surface area contributed by atoms with Crippen molar-refractivity contribution in [1.29, 1.82) is 0 Å². The van der Waals surface area contributed by atoms with Gasteiger partial charge in [-0.25, -0.2) is 9.59 Å². The molecular weight excluding hydrogens is 310 g/mol. The van der Waals surface area contributed by atoms with Gasteiger partial charge >= 0.3 is 11.7 Å². The zero-order valence-corrected chi connectivity index (χ0v) is 13.0. The number of benzene rings is 2. The van der Waals surface area contributed by atoms with Crippen LogP contribution in [-0.4, -0.2) is 22.2 Å². The Morgan fingerprint density at radius 2 is 1.83 bits per heavy atom. The Kier molecular flexibility index (Phi) is 4.65. The fourth-order valence-electron chi connectivity index (χ4n) is 2.48. The average molecular weight is 327 g/mol. The Morgan fingerprint density at radius 3 is 2.58 bits per heavy atom. The van der Waals surface area contributed by atoms with Gasteiger partial charge in [0.15, 0.2) is 5.58 Å². The number of oxazole rings is 1. The van der Waals surface area contributed by atoms with Crippen molar-refractivity contribution in [2.24, 2.45) is 0 Å². The van der Waals surface area contributed by atoms with E-state index in [4.69, 9.17) is 14.3 Å². The summed E-state index contributed by atoms with van der Waals surface area (Å²) in [5.41, 5.74) is 1.62. The molecule has 0 amide bonds. The number of carboxylic acids is 1. The summed E-state index contributed by atoms with van der Waals surface area (Å²) in [7, 11) is 0. The molecule has 0 radical (unpaired) electrons. The normalized spacial score (nSPS) is 10.8. The van der Waals surface area contributed by atoms with Gasteiger partial charge in [0.2, 0.25) is 0 Å². The van der Waals surface area contributed by atoms with Gasteiger partial charge in [-0.1, -0.05) is 12.1 Å². The largest absolute Gasteiger partial charge is 0.494 e. The van der Waals surface area contributed by atoms with E-state index in [2.05, 4.69) is 0 Å². The second-order valence-corrected chi connectivity index (χ2v) is 5.37. The Balaban J connectivity index is 1.49. The summed E-state index contributed by atoms with van der Waals surface area (Å²) in [4.78, 5) is 22.6. The van der Waals surface area contributed by atoms with Gasteiger partial charge in [-0.2, -0.15) is 0 Å². The topological polar surface area (TPSA) is 81.7 Å². The van der Waals surface area contributed by atoms with E-state index in [0.29, 0.717) is 24.5 Å². The fourth-order valence-corrected chi connectivity index (χ4v) is 2.48. The fraction of sp³-hybridized carbons (Fsp3) is 0.222. The average Bonchev–Trinajstić information content (AvgIpc) is 2.90. The number of hydrogen-bond acceptors (Lipinski definition) is 4. The summed E-state index contributed by atoms with van der Waals surface area (Å²) in [6, 6.07) is 13.6. The number of rotatable bonds is 7. The second-order valence-electron chi connectivity index (χ2n) is 5.37. The molecule has 0 fully saturated rings. The number of aromatic carboxylic acids is 1. The minimum atomic E-state index is -0.959. The monoisotopic (exact) mass is 327 g/mol. The molecule has 3 rings (SSSR count). The van der Waals surface area contributed by atoms with Gasteiger partial charge in [0.1, 0.15) is 5.75 Å². The van der Waals surface area contributed by atoms with Crippen molar-refractivity contribution in [3.63, 3.8) is 0 Å². The summed E-state index contributed by atoms with van der Waals surface area (Å²) in [5.74, 6) is -0.674. The van der Waals surface area contributed by atoms with Crippen molar-refractivity contribution in [3.8, 4) is 5.75 Å². The van der Waals surface area contributed by atoms with Crippen LogP contribution in [0.2, 0.25) is 0 Å². The van der Waals surface area contributed by atoms with E-state index in [-0.39, 0.29) is 11.3 Å². The Bertz CT molecular complexity index is 892. The van der Waals surface area contributed by atoms with Gasteiger partial charge in [0.25, 0.3) is 0 Å². The van der Waals surface area contributed by atoms with Crippen molar-refractivity contribution in [3.05, 3.63) is 64.6 Å². The highest BCUT2D eigenvalue weighted by Crippen LogP contribution is 2.14. The SMILES string of the molecule is O=C(O)c1ccc(OCCCCn2c(=O)oc3ccccc32)cc1. The van der Waals surface area contributed by atoms with Crippen LogP contribution in [0.15, 0.2) is 57.7 Å². The summed E-state index contributed by atoms with van der Waals surface area (Å²) in [6.07, 6.45) is 1.54. The first kappa shape index (κ1) is 15.9. The third-order valence-corrected chi connectivity index (χ3v) is 3.72. The lowest BCUT2D eigenvalue weighted by atomic mass is 10.2. The molecule has 1 heterocycles. The molecule has 0 unspecified atom stereocenters. The summed E-state index contributed by atoms with van der Waals surface area (Å²) in [6.45, 7) is 1.06. The lowest BCUT2D eigenvalue weighted by Gasteiger charge is -2.06. The van der Waals surface area contributed by atoms with E-state index in [1.807, 2.05) is 18.2 Å². The first-order valence-corrected chi connectivity index (χ1v) is 7.70. The number of hydrogen-bond donors (Lipinski definition) is 1. The molecule has 0 saturated carbocycles. The van der Waals surface area contributed by atoms with Crippen molar-refractivity contribution >= 4 is 17.1 Å². The van der Waals surface area contributed by atoms with Gasteiger partial charge in [-0.05, 0) is 49.2 Å². The highest BCUT2D eigenvalue weighted by atomic mass is 16.5. The summed E-state index contributed by atoms with van der Waals surface area (Å²) in [5, 5.41) is 8.83. The van der Waals surface area contributed by atoms with E-state index in [1.165, 1.54) is 12.1 Å². The van der Waals surface area contributed by atoms with Gasteiger partial charge in [-0.15, -0.1) is 0 Å². The van der Waals surface area contributed by atoms with Gasteiger partial charge in [-0.3, -0.25) is 4.57 Å². The molecule has 0 bridgehead atoms. The lowest BCUT2D eigenvalue weighted by Crippen LogP contribution is -2.14. The van der Waals surface area contributed by atoms with E-state index in [1.54, 1.807) is 22.8 Å². The Hall–Kier alpha value is -3.02. The van der Waals surface area contributed by atoms with Crippen molar-refractivity contribution < 1.29 is 19.1 Å². The summed E-state index contributed by atoms with van der Waals surface area (Å²) < 4.78 is 12.4. The second kappa shape index (κ2) is 7.04. The number of nitrogens with zero attached hydrogens (tertiary/aromatic N) is 1. The number of para-hydroxylation sites is 2. The smallest absolute Gasteiger partial charge is 0.419 e. The quantitative estimate of drug-likeness (QED) is 0.674. The van der Waals surface area contributed by atoms with Gasteiger partial charge in [0, 0.05) is 6.54 Å². The van der Waals surface area contributed by atoms with E-state index < -0.39 is 5.97 Å². The molecule has 1 N–H and O–H groups in total. The molecule has 2 aromatic carbocycles. The van der Waals surface area contributed by atoms with Crippen LogP contribution < -0.4 is 10.5 Å². The molecule has 0 atom stereocenters. The standard InChI is InChI=1S/C18H17NO5/c20-17(21)13-7-9-14(10-8-13)23-12-4-3-11-19-15-5-1-2-6-16(15)24-18(19)22/h1-2,5-10H,3-4,11-12H2,(H,20,21). The summed E-state index contributed by atoms with van der Waals surface area (Å²) >= 11 is 0. The molecular formula is C18H17NO5. The van der Waals surface area contributed by atoms with Crippen LogP contribution in [-0.2, 0) is 6.54 Å². The molecule has 0 aliphatic carbocycles. The number of aromatic nitrogens is 1. The van der Waals surface area contributed by atoms with Gasteiger partial charge in [0.05, 0.1) is 17.7 Å². The molecule has 3 aromatic rings. The molecule has 0 aliphatic rings. The van der Waals surface area contributed by atoms with Crippen LogP contribution >= 0.6 is 0 Å².